The zero-order valence-electron chi connectivity index (χ0n) is 8.88. The molecular weight excluding hydrogens is 228 g/mol. The van der Waals surface area contributed by atoms with Gasteiger partial charge in [-0.15, -0.1) is 0 Å². The largest absolute Gasteiger partial charge is 0.435 e. The van der Waals surface area contributed by atoms with E-state index in [0.717, 1.165) is 11.4 Å². The number of nitrogens with two attached hydrogens (primary N) is 1. The number of ether oxygens (including phenoxy) is 1. The van der Waals surface area contributed by atoms with Crippen molar-refractivity contribution in [3.63, 3.8) is 0 Å². The first-order valence-electron chi connectivity index (χ1n) is 4.99. The molecule has 0 aliphatic rings. The highest BCUT2D eigenvalue weighted by molar-refractivity contribution is 5.36. The fourth-order valence-corrected chi connectivity index (χ4v) is 1.39. The van der Waals surface area contributed by atoms with Crippen molar-refractivity contribution in [2.45, 2.75) is 13.2 Å². The number of hydrogen-bond donors (Lipinski definition) is 1. The first-order chi connectivity index (χ1) is 8.19. The number of benzene rings is 1. The highest BCUT2D eigenvalue weighted by atomic mass is 19.3. The van der Waals surface area contributed by atoms with Gasteiger partial charge in [0.1, 0.15) is 5.75 Å². The molecule has 0 unspecified atom stereocenters. The van der Waals surface area contributed by atoms with Gasteiger partial charge in [-0.1, -0.05) is 0 Å². The number of nitrogens with zero attached hydrogens (tertiary/aromatic N) is 2. The van der Waals surface area contributed by atoms with Gasteiger partial charge in [0, 0.05) is 12.7 Å². The first kappa shape index (κ1) is 11.5. The van der Waals surface area contributed by atoms with Crippen LogP contribution in [0, 0.1) is 0 Å². The maximum absolute atomic E-state index is 11.9. The highest BCUT2D eigenvalue weighted by Gasteiger charge is 2.04. The topological polar surface area (TPSA) is 53.1 Å². The van der Waals surface area contributed by atoms with E-state index in [2.05, 4.69) is 9.84 Å². The molecule has 0 amide bonds. The third kappa shape index (κ3) is 2.79. The monoisotopic (exact) mass is 239 g/mol. The Hall–Kier alpha value is -1.95. The van der Waals surface area contributed by atoms with E-state index >= 15 is 0 Å². The Morgan fingerprint density at radius 1 is 1.24 bits per heavy atom. The van der Waals surface area contributed by atoms with E-state index in [9.17, 15) is 8.78 Å². The van der Waals surface area contributed by atoms with Crippen LogP contribution in [0.5, 0.6) is 5.75 Å². The summed E-state index contributed by atoms with van der Waals surface area (Å²) in [7, 11) is 0. The van der Waals surface area contributed by atoms with Crippen molar-refractivity contribution < 1.29 is 13.5 Å². The number of rotatable bonds is 4. The second-order valence-electron chi connectivity index (χ2n) is 3.33. The maximum Gasteiger partial charge on any atom is 0.387 e. The minimum Gasteiger partial charge on any atom is -0.435 e. The summed E-state index contributed by atoms with van der Waals surface area (Å²) in [5.41, 5.74) is 6.96. The first-order valence-corrected chi connectivity index (χ1v) is 4.99. The Labute approximate surface area is 96.6 Å². The minimum absolute atomic E-state index is 0.120. The lowest BCUT2D eigenvalue weighted by Gasteiger charge is -2.05. The second-order valence-corrected chi connectivity index (χ2v) is 3.33. The van der Waals surface area contributed by atoms with E-state index in [4.69, 9.17) is 5.73 Å². The van der Waals surface area contributed by atoms with Crippen molar-refractivity contribution in [3.05, 3.63) is 42.2 Å². The highest BCUT2D eigenvalue weighted by Crippen LogP contribution is 2.17. The molecular formula is C11H11F2N3O. The standard InChI is InChI=1S/C11H11F2N3O/c12-11(13)17-10-3-1-9(2-4-10)16-6-5-8(7-14)15-16/h1-6,11H,7,14H2. The molecule has 6 heteroatoms. The summed E-state index contributed by atoms with van der Waals surface area (Å²) in [5.74, 6) is 0.120. The lowest BCUT2D eigenvalue weighted by Crippen LogP contribution is -2.03. The van der Waals surface area contributed by atoms with Crippen LogP contribution in [0.2, 0.25) is 0 Å². The van der Waals surface area contributed by atoms with Crippen molar-refractivity contribution in [2.75, 3.05) is 0 Å². The summed E-state index contributed by atoms with van der Waals surface area (Å²) >= 11 is 0. The molecule has 0 spiro atoms. The summed E-state index contributed by atoms with van der Waals surface area (Å²) in [6.07, 6.45) is 1.76. The summed E-state index contributed by atoms with van der Waals surface area (Å²) in [4.78, 5) is 0. The molecule has 1 aromatic carbocycles. The normalized spacial score (nSPS) is 10.8. The molecule has 0 aliphatic heterocycles. The van der Waals surface area contributed by atoms with E-state index in [1.807, 2.05) is 0 Å². The van der Waals surface area contributed by atoms with Gasteiger partial charge in [-0.25, -0.2) is 4.68 Å². The number of halogens is 2. The lowest BCUT2D eigenvalue weighted by molar-refractivity contribution is -0.0498. The quantitative estimate of drug-likeness (QED) is 0.887. The van der Waals surface area contributed by atoms with Crippen LogP contribution < -0.4 is 10.5 Å². The second kappa shape index (κ2) is 4.92. The van der Waals surface area contributed by atoms with Crippen LogP contribution in [0.4, 0.5) is 8.78 Å². The molecule has 0 fully saturated rings. The Bertz CT molecular complexity index is 482. The van der Waals surface area contributed by atoms with Crippen molar-refractivity contribution >= 4 is 0 Å². The Kier molecular flexibility index (Phi) is 3.34. The molecule has 90 valence electrons. The Morgan fingerprint density at radius 2 is 1.94 bits per heavy atom. The van der Waals surface area contributed by atoms with Gasteiger partial charge in [0.05, 0.1) is 11.4 Å². The summed E-state index contributed by atoms with van der Waals surface area (Å²) in [6, 6.07) is 8.01. The Morgan fingerprint density at radius 3 is 2.47 bits per heavy atom. The predicted octanol–water partition coefficient (Wildman–Crippen LogP) is 1.93. The molecule has 2 aromatic rings. The smallest absolute Gasteiger partial charge is 0.387 e. The third-order valence-electron chi connectivity index (χ3n) is 2.18. The molecule has 17 heavy (non-hydrogen) atoms. The number of alkyl halides is 2. The summed E-state index contributed by atoms with van der Waals surface area (Å²) < 4.78 is 29.7. The van der Waals surface area contributed by atoms with Gasteiger partial charge in [-0.05, 0) is 30.3 Å². The fourth-order valence-electron chi connectivity index (χ4n) is 1.39. The molecule has 0 radical (unpaired) electrons. The average Bonchev–Trinajstić information content (AvgIpc) is 2.78. The van der Waals surface area contributed by atoms with Crippen LogP contribution in [-0.2, 0) is 6.54 Å². The number of aromatic nitrogens is 2. The molecule has 2 N–H and O–H groups in total. The van der Waals surface area contributed by atoms with Crippen LogP contribution >= 0.6 is 0 Å². The molecule has 0 bridgehead atoms. The number of hydrogen-bond acceptors (Lipinski definition) is 3. The molecule has 0 aliphatic carbocycles. The predicted molar refractivity (Wildman–Crippen MR) is 58.1 cm³/mol. The Balaban J connectivity index is 2.17. The van der Waals surface area contributed by atoms with Crippen molar-refractivity contribution in [3.8, 4) is 11.4 Å². The summed E-state index contributed by atoms with van der Waals surface area (Å²) in [6.45, 7) is -2.45. The van der Waals surface area contributed by atoms with Crippen molar-refractivity contribution in [2.24, 2.45) is 5.73 Å². The van der Waals surface area contributed by atoms with Gasteiger partial charge >= 0.3 is 6.61 Å². The zero-order chi connectivity index (χ0) is 12.3. The van der Waals surface area contributed by atoms with Gasteiger partial charge in [-0.2, -0.15) is 13.9 Å². The molecule has 2 rings (SSSR count). The van der Waals surface area contributed by atoms with Gasteiger partial charge in [-0.3, -0.25) is 0 Å². The third-order valence-corrected chi connectivity index (χ3v) is 2.18. The summed E-state index contributed by atoms with van der Waals surface area (Å²) in [5, 5.41) is 4.19. The molecule has 1 aromatic heterocycles. The minimum atomic E-state index is -2.81. The van der Waals surface area contributed by atoms with Crippen LogP contribution in [0.3, 0.4) is 0 Å². The van der Waals surface area contributed by atoms with Gasteiger partial charge in [0.15, 0.2) is 0 Å². The van der Waals surface area contributed by atoms with Crippen molar-refractivity contribution in [1.82, 2.24) is 9.78 Å². The van der Waals surface area contributed by atoms with Crippen LogP contribution in [0.25, 0.3) is 5.69 Å². The van der Waals surface area contributed by atoms with Gasteiger partial charge in [0.2, 0.25) is 0 Å². The van der Waals surface area contributed by atoms with E-state index in [0.29, 0.717) is 6.54 Å². The molecule has 0 saturated heterocycles. The molecule has 0 saturated carbocycles. The van der Waals surface area contributed by atoms with Gasteiger partial charge in [0.25, 0.3) is 0 Å². The van der Waals surface area contributed by atoms with Crippen LogP contribution in [-0.4, -0.2) is 16.4 Å². The molecule has 1 heterocycles. The van der Waals surface area contributed by atoms with Crippen LogP contribution in [0.15, 0.2) is 36.5 Å². The van der Waals surface area contributed by atoms with E-state index in [1.54, 1.807) is 29.1 Å². The lowest BCUT2D eigenvalue weighted by atomic mass is 10.3. The molecule has 4 nitrogen and oxygen atoms in total. The zero-order valence-corrected chi connectivity index (χ0v) is 8.88. The van der Waals surface area contributed by atoms with Crippen LogP contribution in [0.1, 0.15) is 5.69 Å². The van der Waals surface area contributed by atoms with E-state index in [-0.39, 0.29) is 5.75 Å². The SMILES string of the molecule is NCc1ccn(-c2ccc(OC(F)F)cc2)n1. The van der Waals surface area contributed by atoms with E-state index < -0.39 is 6.61 Å². The average molecular weight is 239 g/mol. The molecule has 0 atom stereocenters. The fraction of sp³-hybridized carbons (Fsp3) is 0.182. The van der Waals surface area contributed by atoms with Crippen molar-refractivity contribution in [1.29, 1.82) is 0 Å². The van der Waals surface area contributed by atoms with E-state index in [1.165, 1.54) is 12.1 Å². The maximum atomic E-state index is 11.9. The van der Waals surface area contributed by atoms with Gasteiger partial charge < -0.3 is 10.5 Å².